The second-order valence-corrected chi connectivity index (χ2v) is 3.63. The Labute approximate surface area is 97.6 Å². The Hall–Kier alpha value is -1.42. The molecular weight excluding hydrogens is 233 g/mol. The van der Waals surface area contributed by atoms with Crippen molar-refractivity contribution in [1.82, 2.24) is 0 Å². The molecule has 1 N–H and O–H groups in total. The zero-order valence-corrected chi connectivity index (χ0v) is 9.47. The molecule has 0 saturated heterocycles. The number of rotatable bonds is 4. The van der Waals surface area contributed by atoms with Crippen molar-refractivity contribution >= 4 is 29.0 Å². The predicted octanol–water partition coefficient (Wildman–Crippen LogP) is 2.27. The summed E-state index contributed by atoms with van der Waals surface area (Å²) in [5.74, 6) is -1.46. The Kier molecular flexibility index (Phi) is 4.43. The summed E-state index contributed by atoms with van der Waals surface area (Å²) in [5, 5.41) is 2.42. The van der Waals surface area contributed by atoms with Gasteiger partial charge in [0, 0.05) is 5.69 Å². The molecule has 0 spiro atoms. The molecule has 1 aromatic rings. The molecule has 0 fully saturated rings. The number of nitrogens with one attached hydrogen (secondary N) is 1. The van der Waals surface area contributed by atoms with E-state index in [4.69, 9.17) is 11.6 Å². The van der Waals surface area contributed by atoms with Gasteiger partial charge >= 0.3 is 0 Å². The van der Waals surface area contributed by atoms with Gasteiger partial charge in [-0.1, -0.05) is 6.07 Å². The van der Waals surface area contributed by atoms with Gasteiger partial charge in [-0.05, 0) is 24.6 Å². The highest BCUT2D eigenvalue weighted by Crippen LogP contribution is 2.13. The van der Waals surface area contributed by atoms with Crippen LogP contribution < -0.4 is 5.32 Å². The third-order valence-corrected chi connectivity index (χ3v) is 2.26. The predicted molar refractivity (Wildman–Crippen MR) is 60.1 cm³/mol. The summed E-state index contributed by atoms with van der Waals surface area (Å²) in [6.45, 7) is 1.62. The number of halogens is 2. The fourth-order valence-corrected chi connectivity index (χ4v) is 1.20. The molecule has 0 radical (unpaired) electrons. The van der Waals surface area contributed by atoms with E-state index in [0.29, 0.717) is 11.3 Å². The van der Waals surface area contributed by atoms with Crippen LogP contribution in [0.15, 0.2) is 18.2 Å². The second-order valence-electron chi connectivity index (χ2n) is 3.36. The van der Waals surface area contributed by atoms with Crippen molar-refractivity contribution in [1.29, 1.82) is 0 Å². The van der Waals surface area contributed by atoms with Gasteiger partial charge in [0.05, 0.1) is 12.3 Å². The van der Waals surface area contributed by atoms with Gasteiger partial charge in [-0.2, -0.15) is 0 Å². The van der Waals surface area contributed by atoms with Crippen LogP contribution in [0, 0.1) is 12.7 Å². The van der Waals surface area contributed by atoms with Gasteiger partial charge in [0.25, 0.3) is 0 Å². The highest BCUT2D eigenvalue weighted by atomic mass is 35.5. The first kappa shape index (κ1) is 12.6. The highest BCUT2D eigenvalue weighted by Gasteiger charge is 2.09. The third-order valence-electron chi connectivity index (χ3n) is 1.96. The molecule has 16 heavy (non-hydrogen) atoms. The molecule has 0 heterocycles. The molecule has 86 valence electrons. The Balaban J connectivity index is 2.63. The van der Waals surface area contributed by atoms with E-state index >= 15 is 0 Å². The summed E-state index contributed by atoms with van der Waals surface area (Å²) in [6.07, 6.45) is -0.293. The van der Waals surface area contributed by atoms with Crippen LogP contribution in [0.3, 0.4) is 0 Å². The van der Waals surface area contributed by atoms with Crippen molar-refractivity contribution in [3.8, 4) is 0 Å². The lowest BCUT2D eigenvalue weighted by Gasteiger charge is -2.05. The number of anilines is 1. The van der Waals surface area contributed by atoms with E-state index in [1.165, 1.54) is 6.07 Å². The van der Waals surface area contributed by atoms with Gasteiger partial charge < -0.3 is 5.32 Å². The first-order chi connectivity index (χ1) is 7.52. The normalized spacial score (nSPS) is 9.94. The van der Waals surface area contributed by atoms with Gasteiger partial charge in [0.2, 0.25) is 5.91 Å². The number of hydrogen-bond acceptors (Lipinski definition) is 2. The second kappa shape index (κ2) is 5.61. The van der Waals surface area contributed by atoms with E-state index in [9.17, 15) is 14.0 Å². The van der Waals surface area contributed by atoms with E-state index in [2.05, 4.69) is 5.32 Å². The lowest BCUT2D eigenvalue weighted by Crippen LogP contribution is -2.17. The topological polar surface area (TPSA) is 46.2 Å². The number of alkyl halides is 1. The number of amides is 1. The molecule has 5 heteroatoms. The number of carbonyl (C=O) groups excluding carboxylic acids is 2. The molecule has 1 amide bonds. The summed E-state index contributed by atoms with van der Waals surface area (Å²) in [7, 11) is 0. The fraction of sp³-hybridized carbons (Fsp3) is 0.273. The number of hydrogen-bond donors (Lipinski definition) is 1. The highest BCUT2D eigenvalue weighted by molar-refractivity contribution is 6.29. The Bertz CT molecular complexity index is 420. The minimum atomic E-state index is -0.492. The van der Waals surface area contributed by atoms with Crippen LogP contribution in [0.1, 0.15) is 12.0 Å². The van der Waals surface area contributed by atoms with Gasteiger partial charge in [-0.25, -0.2) is 4.39 Å². The zero-order chi connectivity index (χ0) is 12.1. The number of ketones is 1. The smallest absolute Gasteiger partial charge is 0.231 e. The number of aryl methyl sites for hydroxylation is 1. The lowest BCUT2D eigenvalue weighted by molar-refractivity contribution is -0.124. The van der Waals surface area contributed by atoms with E-state index < -0.39 is 11.7 Å². The average Bonchev–Trinajstić information content (AvgIpc) is 2.23. The third kappa shape index (κ3) is 3.62. The average molecular weight is 244 g/mol. The van der Waals surface area contributed by atoms with Crippen molar-refractivity contribution in [2.45, 2.75) is 13.3 Å². The Morgan fingerprint density at radius 1 is 1.44 bits per heavy atom. The maximum Gasteiger partial charge on any atom is 0.231 e. The minimum absolute atomic E-state index is 0.199. The molecule has 0 aliphatic heterocycles. The van der Waals surface area contributed by atoms with E-state index in [1.807, 2.05) is 0 Å². The van der Waals surface area contributed by atoms with Gasteiger partial charge in [-0.15, -0.1) is 11.6 Å². The van der Waals surface area contributed by atoms with Crippen LogP contribution in [0.4, 0.5) is 10.1 Å². The largest absolute Gasteiger partial charge is 0.326 e. The molecule has 0 aliphatic carbocycles. The van der Waals surface area contributed by atoms with E-state index in [1.54, 1.807) is 19.1 Å². The van der Waals surface area contributed by atoms with Crippen LogP contribution in [-0.2, 0) is 9.59 Å². The Morgan fingerprint density at radius 2 is 2.12 bits per heavy atom. The summed E-state index contributed by atoms with van der Waals surface area (Å²) in [4.78, 5) is 22.1. The fourth-order valence-electron chi connectivity index (χ4n) is 1.10. The molecule has 1 rings (SSSR count). The summed E-state index contributed by atoms with van der Waals surface area (Å²) in [6, 6.07) is 4.33. The molecule has 0 aliphatic rings. The molecule has 1 aromatic carbocycles. The lowest BCUT2D eigenvalue weighted by atomic mass is 10.2. The molecule has 3 nitrogen and oxygen atoms in total. The molecule has 0 bridgehead atoms. The first-order valence-corrected chi connectivity index (χ1v) is 5.20. The van der Waals surface area contributed by atoms with Gasteiger partial charge in [0.15, 0.2) is 5.78 Å². The SMILES string of the molecule is Cc1ccc(NC(=O)CC(=O)CCl)cc1F. The molecular formula is C11H11ClFNO2. The van der Waals surface area contributed by atoms with Crippen molar-refractivity contribution in [2.75, 3.05) is 11.2 Å². The summed E-state index contributed by atoms with van der Waals surface area (Å²) in [5.41, 5.74) is 0.824. The Morgan fingerprint density at radius 3 is 2.69 bits per heavy atom. The van der Waals surface area contributed by atoms with Crippen molar-refractivity contribution in [3.05, 3.63) is 29.6 Å². The quantitative estimate of drug-likeness (QED) is 0.651. The monoisotopic (exact) mass is 243 g/mol. The van der Waals surface area contributed by atoms with Crippen LogP contribution in [-0.4, -0.2) is 17.6 Å². The van der Waals surface area contributed by atoms with Crippen molar-refractivity contribution in [2.24, 2.45) is 0 Å². The molecule has 0 atom stereocenters. The summed E-state index contributed by atoms with van der Waals surface area (Å²) >= 11 is 5.26. The molecule has 0 unspecified atom stereocenters. The van der Waals surface area contributed by atoms with Crippen molar-refractivity contribution in [3.63, 3.8) is 0 Å². The number of benzene rings is 1. The number of carbonyl (C=O) groups is 2. The van der Waals surface area contributed by atoms with E-state index in [-0.39, 0.29) is 18.1 Å². The van der Waals surface area contributed by atoms with Gasteiger partial charge in [-0.3, -0.25) is 9.59 Å². The summed E-state index contributed by atoms with van der Waals surface area (Å²) < 4.78 is 13.1. The van der Waals surface area contributed by atoms with Crippen LogP contribution >= 0.6 is 11.6 Å². The van der Waals surface area contributed by atoms with Crippen LogP contribution in [0.2, 0.25) is 0 Å². The molecule has 0 saturated carbocycles. The molecule has 0 aromatic heterocycles. The number of Topliss-reactive ketones (excluding diaryl/α,β-unsaturated/α-hetero) is 1. The maximum atomic E-state index is 13.1. The van der Waals surface area contributed by atoms with Crippen LogP contribution in [0.25, 0.3) is 0 Å². The zero-order valence-electron chi connectivity index (χ0n) is 8.72. The van der Waals surface area contributed by atoms with E-state index in [0.717, 1.165) is 0 Å². The minimum Gasteiger partial charge on any atom is -0.326 e. The van der Waals surface area contributed by atoms with Crippen LogP contribution in [0.5, 0.6) is 0 Å². The standard InChI is InChI=1S/C11H11ClFNO2/c1-7-2-3-8(4-10(7)13)14-11(16)5-9(15)6-12/h2-4H,5-6H2,1H3,(H,14,16). The first-order valence-electron chi connectivity index (χ1n) is 4.66. The van der Waals surface area contributed by atoms with Gasteiger partial charge in [0.1, 0.15) is 5.82 Å². The maximum absolute atomic E-state index is 13.1. The van der Waals surface area contributed by atoms with Crippen molar-refractivity contribution < 1.29 is 14.0 Å².